The monoisotopic (exact) mass is 128 g/mol. The van der Waals surface area contributed by atoms with Crippen LogP contribution in [0.15, 0.2) is 16.4 Å². The second-order valence-electron chi connectivity index (χ2n) is 1.82. The molecule has 0 aliphatic heterocycles. The summed E-state index contributed by atoms with van der Waals surface area (Å²) in [6.07, 6.45) is 0. The highest BCUT2D eigenvalue weighted by Crippen LogP contribution is 1.94. The quantitative estimate of drug-likeness (QED) is 0.192. The first-order chi connectivity index (χ1) is 4.09. The van der Waals surface area contributed by atoms with Gasteiger partial charge in [-0.05, 0) is 13.8 Å². The molecule has 0 heterocycles. The molecule has 4 heteroatoms. The van der Waals surface area contributed by atoms with Crippen molar-refractivity contribution in [3.05, 3.63) is 11.3 Å². The van der Waals surface area contributed by atoms with E-state index in [1.165, 1.54) is 0 Å². The van der Waals surface area contributed by atoms with Gasteiger partial charge in [0.2, 0.25) is 0 Å². The van der Waals surface area contributed by atoms with Gasteiger partial charge in [0.1, 0.15) is 5.84 Å². The predicted octanol–water partition coefficient (Wildman–Crippen LogP) is -0.530. The Morgan fingerprint density at radius 1 is 1.22 bits per heavy atom. The largest absolute Gasteiger partial charge is 0.402 e. The van der Waals surface area contributed by atoms with E-state index < -0.39 is 0 Å². The molecule has 0 radical (unpaired) electrons. The number of amidine groups is 1. The van der Waals surface area contributed by atoms with Crippen molar-refractivity contribution in [3.8, 4) is 0 Å². The molecule has 0 aromatic carbocycles. The van der Waals surface area contributed by atoms with Gasteiger partial charge in [-0.15, -0.1) is 0 Å². The number of hydrogen-bond donors (Lipinski definition) is 3. The van der Waals surface area contributed by atoms with Crippen LogP contribution in [-0.2, 0) is 0 Å². The molecule has 0 saturated carbocycles. The van der Waals surface area contributed by atoms with Crippen LogP contribution in [0, 0.1) is 0 Å². The maximum Gasteiger partial charge on any atom is 0.147 e. The zero-order valence-electron chi connectivity index (χ0n) is 5.68. The Hall–Kier alpha value is -1.19. The third-order valence-electron chi connectivity index (χ3n) is 1.11. The molecule has 0 atom stereocenters. The first-order valence-electron chi connectivity index (χ1n) is 2.56. The zero-order chi connectivity index (χ0) is 7.44. The van der Waals surface area contributed by atoms with Gasteiger partial charge in [0, 0.05) is 11.3 Å². The molecular weight excluding hydrogens is 116 g/mol. The minimum Gasteiger partial charge on any atom is -0.402 e. The van der Waals surface area contributed by atoms with Gasteiger partial charge in [-0.2, -0.15) is 5.10 Å². The number of hydrogen-bond acceptors (Lipinski definition) is 3. The Morgan fingerprint density at radius 2 is 1.67 bits per heavy atom. The summed E-state index contributed by atoms with van der Waals surface area (Å²) in [6, 6.07) is 0. The third-order valence-corrected chi connectivity index (χ3v) is 1.11. The Labute approximate surface area is 54.4 Å². The maximum absolute atomic E-state index is 5.38. The molecular formula is C5H12N4. The minimum absolute atomic E-state index is 0.287. The van der Waals surface area contributed by atoms with Gasteiger partial charge < -0.3 is 17.3 Å². The second kappa shape index (κ2) is 2.96. The summed E-state index contributed by atoms with van der Waals surface area (Å²) in [5.41, 5.74) is 12.1. The van der Waals surface area contributed by atoms with E-state index in [1.54, 1.807) is 13.8 Å². The van der Waals surface area contributed by atoms with Crippen molar-refractivity contribution in [2.24, 2.45) is 22.4 Å². The normalized spacial score (nSPS) is 15.1. The highest BCUT2D eigenvalue weighted by Gasteiger charge is 1.95. The van der Waals surface area contributed by atoms with Crippen LogP contribution in [0.2, 0.25) is 0 Å². The van der Waals surface area contributed by atoms with Gasteiger partial charge in [0.25, 0.3) is 0 Å². The summed E-state index contributed by atoms with van der Waals surface area (Å²) in [6.45, 7) is 3.51. The van der Waals surface area contributed by atoms with E-state index in [4.69, 9.17) is 17.3 Å². The van der Waals surface area contributed by atoms with E-state index in [9.17, 15) is 0 Å². The van der Waals surface area contributed by atoms with Gasteiger partial charge in [0.15, 0.2) is 0 Å². The summed E-state index contributed by atoms with van der Waals surface area (Å²) in [7, 11) is 0. The molecule has 0 bridgehead atoms. The molecule has 0 rings (SSSR count). The van der Waals surface area contributed by atoms with Crippen molar-refractivity contribution < 1.29 is 0 Å². The predicted molar refractivity (Wildman–Crippen MR) is 38.4 cm³/mol. The third kappa shape index (κ3) is 2.03. The van der Waals surface area contributed by atoms with Crippen LogP contribution in [0.3, 0.4) is 0 Å². The van der Waals surface area contributed by atoms with Crippen molar-refractivity contribution >= 4 is 5.84 Å². The summed E-state index contributed by atoms with van der Waals surface area (Å²) in [5, 5.41) is 3.27. The molecule has 0 aliphatic rings. The Bertz CT molecular complexity index is 152. The first-order valence-corrected chi connectivity index (χ1v) is 2.56. The van der Waals surface area contributed by atoms with Crippen LogP contribution in [0.5, 0.6) is 0 Å². The molecule has 6 N–H and O–H groups in total. The Morgan fingerprint density at radius 3 is 1.78 bits per heavy atom. The topological polar surface area (TPSA) is 90.4 Å². The summed E-state index contributed by atoms with van der Waals surface area (Å²) in [5.74, 6) is 5.17. The summed E-state index contributed by atoms with van der Waals surface area (Å²) >= 11 is 0. The fourth-order valence-corrected chi connectivity index (χ4v) is 0.299. The minimum atomic E-state index is 0.287. The standard InChI is InChI=1S/C5H12N4/c1-3(4(2)6)5(7)9-8/h6,8H2,1-2H3,(H2,7,9). The summed E-state index contributed by atoms with van der Waals surface area (Å²) in [4.78, 5) is 0. The molecule has 0 amide bonds. The van der Waals surface area contributed by atoms with E-state index in [-0.39, 0.29) is 5.84 Å². The van der Waals surface area contributed by atoms with Gasteiger partial charge >= 0.3 is 0 Å². The number of nitrogens with zero attached hydrogens (tertiary/aromatic N) is 1. The number of allylic oxidation sites excluding steroid dienone is 1. The van der Waals surface area contributed by atoms with Crippen LogP contribution >= 0.6 is 0 Å². The lowest BCUT2D eigenvalue weighted by Crippen LogP contribution is -2.18. The van der Waals surface area contributed by atoms with E-state index >= 15 is 0 Å². The fraction of sp³-hybridized carbons (Fsp3) is 0.400. The highest BCUT2D eigenvalue weighted by molar-refractivity contribution is 5.96. The Kier molecular flexibility index (Phi) is 2.57. The molecule has 0 spiro atoms. The Balaban J connectivity index is 4.40. The van der Waals surface area contributed by atoms with E-state index in [0.29, 0.717) is 5.70 Å². The molecule has 0 saturated heterocycles. The van der Waals surface area contributed by atoms with Crippen molar-refractivity contribution in [1.29, 1.82) is 0 Å². The van der Waals surface area contributed by atoms with Crippen molar-refractivity contribution in [3.63, 3.8) is 0 Å². The maximum atomic E-state index is 5.38. The number of hydrazone groups is 1. The van der Waals surface area contributed by atoms with Gasteiger partial charge in [-0.3, -0.25) is 0 Å². The van der Waals surface area contributed by atoms with Crippen LogP contribution < -0.4 is 17.3 Å². The number of nitrogens with two attached hydrogens (primary N) is 3. The molecule has 4 nitrogen and oxygen atoms in total. The lowest BCUT2D eigenvalue weighted by molar-refractivity contribution is 1.19. The molecule has 0 aromatic heterocycles. The van der Waals surface area contributed by atoms with Gasteiger partial charge in [0.05, 0.1) is 0 Å². The van der Waals surface area contributed by atoms with Crippen molar-refractivity contribution in [2.75, 3.05) is 0 Å². The van der Waals surface area contributed by atoms with E-state index in [0.717, 1.165) is 5.57 Å². The van der Waals surface area contributed by atoms with Gasteiger partial charge in [-0.1, -0.05) is 0 Å². The van der Waals surface area contributed by atoms with Gasteiger partial charge in [-0.25, -0.2) is 0 Å². The average molecular weight is 128 g/mol. The van der Waals surface area contributed by atoms with Crippen LogP contribution in [0.4, 0.5) is 0 Å². The lowest BCUT2D eigenvalue weighted by atomic mass is 10.2. The fourth-order valence-electron chi connectivity index (χ4n) is 0.299. The SMILES string of the molecule is CC(N)=C(C)C(N)=NN. The molecule has 0 fully saturated rings. The summed E-state index contributed by atoms with van der Waals surface area (Å²) < 4.78 is 0. The van der Waals surface area contributed by atoms with Crippen molar-refractivity contribution in [1.82, 2.24) is 0 Å². The van der Waals surface area contributed by atoms with E-state index in [2.05, 4.69) is 5.10 Å². The molecule has 0 unspecified atom stereocenters. The molecule has 9 heavy (non-hydrogen) atoms. The second-order valence-corrected chi connectivity index (χ2v) is 1.82. The van der Waals surface area contributed by atoms with E-state index in [1.807, 2.05) is 0 Å². The van der Waals surface area contributed by atoms with Crippen LogP contribution in [0.1, 0.15) is 13.8 Å². The molecule has 0 aliphatic carbocycles. The van der Waals surface area contributed by atoms with Crippen molar-refractivity contribution in [2.45, 2.75) is 13.8 Å². The average Bonchev–Trinajstić information content (AvgIpc) is 1.84. The lowest BCUT2D eigenvalue weighted by Gasteiger charge is -1.99. The highest BCUT2D eigenvalue weighted by atomic mass is 15.2. The zero-order valence-corrected chi connectivity index (χ0v) is 5.68. The number of rotatable bonds is 1. The first kappa shape index (κ1) is 7.81. The van der Waals surface area contributed by atoms with Crippen LogP contribution in [0.25, 0.3) is 0 Å². The smallest absolute Gasteiger partial charge is 0.147 e. The molecule has 52 valence electrons. The van der Waals surface area contributed by atoms with Crippen LogP contribution in [-0.4, -0.2) is 5.84 Å². The molecule has 0 aromatic rings.